The SMILES string of the molecule is CC(=O)N(CCN1CCOCC1)CC(=O)N1CCN(c2ccccc2)CC1. The highest BCUT2D eigenvalue weighted by Crippen LogP contribution is 2.15. The summed E-state index contributed by atoms with van der Waals surface area (Å²) in [5, 5.41) is 0. The van der Waals surface area contributed by atoms with Gasteiger partial charge in [-0.15, -0.1) is 0 Å². The highest BCUT2D eigenvalue weighted by Gasteiger charge is 2.24. The van der Waals surface area contributed by atoms with Gasteiger partial charge in [-0.2, -0.15) is 0 Å². The van der Waals surface area contributed by atoms with Crippen LogP contribution >= 0.6 is 0 Å². The summed E-state index contributed by atoms with van der Waals surface area (Å²) >= 11 is 0. The number of carbonyl (C=O) groups excluding carboxylic acids is 2. The van der Waals surface area contributed by atoms with E-state index in [1.807, 2.05) is 23.1 Å². The molecular formula is C20H30N4O3. The van der Waals surface area contributed by atoms with E-state index < -0.39 is 0 Å². The van der Waals surface area contributed by atoms with Crippen LogP contribution in [0.3, 0.4) is 0 Å². The number of carbonyl (C=O) groups is 2. The summed E-state index contributed by atoms with van der Waals surface area (Å²) in [4.78, 5) is 32.8. The van der Waals surface area contributed by atoms with Crippen molar-refractivity contribution >= 4 is 17.5 Å². The van der Waals surface area contributed by atoms with Crippen LogP contribution in [-0.2, 0) is 14.3 Å². The molecule has 1 aromatic rings. The van der Waals surface area contributed by atoms with Crippen LogP contribution in [0.2, 0.25) is 0 Å². The Kier molecular flexibility index (Phi) is 7.06. The number of hydrogen-bond donors (Lipinski definition) is 0. The number of benzene rings is 1. The standard InChI is InChI=1S/C20H30N4O3/c1-18(25)24(8-7-21-13-15-27-16-14-21)17-20(26)23-11-9-22(10-12-23)19-5-3-2-4-6-19/h2-6H,7-17H2,1H3. The van der Waals surface area contributed by atoms with Crippen LogP contribution in [0.25, 0.3) is 0 Å². The summed E-state index contributed by atoms with van der Waals surface area (Å²) in [6.07, 6.45) is 0. The Labute approximate surface area is 161 Å². The van der Waals surface area contributed by atoms with Crippen LogP contribution in [-0.4, -0.2) is 98.6 Å². The smallest absolute Gasteiger partial charge is 0.242 e. The van der Waals surface area contributed by atoms with Crippen molar-refractivity contribution in [2.45, 2.75) is 6.92 Å². The number of para-hydroxylation sites is 1. The lowest BCUT2D eigenvalue weighted by atomic mass is 10.2. The number of morpholine rings is 1. The van der Waals surface area contributed by atoms with Crippen molar-refractivity contribution in [1.29, 1.82) is 0 Å². The quantitative estimate of drug-likeness (QED) is 0.727. The topological polar surface area (TPSA) is 56.3 Å². The molecule has 2 amide bonds. The zero-order chi connectivity index (χ0) is 19.1. The van der Waals surface area contributed by atoms with Gasteiger partial charge in [0.25, 0.3) is 0 Å². The number of nitrogens with zero attached hydrogens (tertiary/aromatic N) is 4. The molecule has 0 aromatic heterocycles. The number of ether oxygens (including phenoxy) is 1. The molecule has 0 saturated carbocycles. The second-order valence-electron chi connectivity index (χ2n) is 7.10. The van der Waals surface area contributed by atoms with Crippen molar-refractivity contribution in [1.82, 2.24) is 14.7 Å². The fourth-order valence-corrected chi connectivity index (χ4v) is 3.55. The molecule has 2 aliphatic heterocycles. The van der Waals surface area contributed by atoms with Crippen molar-refractivity contribution in [3.8, 4) is 0 Å². The molecular weight excluding hydrogens is 344 g/mol. The Morgan fingerprint density at radius 1 is 1.00 bits per heavy atom. The summed E-state index contributed by atoms with van der Waals surface area (Å²) in [5.74, 6) is -0.000537. The lowest BCUT2D eigenvalue weighted by Gasteiger charge is -2.37. The molecule has 0 spiro atoms. The molecule has 2 fully saturated rings. The molecule has 1 aromatic carbocycles. The van der Waals surface area contributed by atoms with Gasteiger partial charge in [0.2, 0.25) is 11.8 Å². The van der Waals surface area contributed by atoms with Crippen molar-refractivity contribution < 1.29 is 14.3 Å². The van der Waals surface area contributed by atoms with E-state index in [4.69, 9.17) is 4.74 Å². The second-order valence-corrected chi connectivity index (χ2v) is 7.10. The second kappa shape index (κ2) is 9.71. The van der Waals surface area contributed by atoms with E-state index in [-0.39, 0.29) is 18.4 Å². The minimum absolute atomic E-state index is 0.0416. The highest BCUT2D eigenvalue weighted by molar-refractivity contribution is 5.84. The first-order valence-corrected chi connectivity index (χ1v) is 9.77. The van der Waals surface area contributed by atoms with Gasteiger partial charge in [-0.1, -0.05) is 18.2 Å². The Morgan fingerprint density at radius 2 is 1.67 bits per heavy atom. The van der Waals surface area contributed by atoms with E-state index in [0.29, 0.717) is 19.6 Å². The maximum atomic E-state index is 12.7. The first kappa shape index (κ1) is 19.6. The summed E-state index contributed by atoms with van der Waals surface area (Å²) in [6, 6.07) is 10.3. The number of anilines is 1. The maximum absolute atomic E-state index is 12.7. The van der Waals surface area contributed by atoms with Crippen LogP contribution in [0, 0.1) is 0 Å². The number of amides is 2. The van der Waals surface area contributed by atoms with Gasteiger partial charge in [-0.3, -0.25) is 14.5 Å². The molecule has 2 saturated heterocycles. The zero-order valence-electron chi connectivity index (χ0n) is 16.2. The summed E-state index contributed by atoms with van der Waals surface area (Å²) in [5.41, 5.74) is 1.19. The fraction of sp³-hybridized carbons (Fsp3) is 0.600. The Balaban J connectivity index is 1.45. The number of piperazine rings is 1. The van der Waals surface area contributed by atoms with E-state index in [2.05, 4.69) is 21.9 Å². The molecule has 0 aliphatic carbocycles. The molecule has 0 atom stereocenters. The van der Waals surface area contributed by atoms with Crippen molar-refractivity contribution in [2.75, 3.05) is 77.0 Å². The minimum Gasteiger partial charge on any atom is -0.379 e. The minimum atomic E-state index is -0.0421. The van der Waals surface area contributed by atoms with Gasteiger partial charge >= 0.3 is 0 Å². The first-order valence-electron chi connectivity index (χ1n) is 9.77. The van der Waals surface area contributed by atoms with Gasteiger partial charge in [-0.25, -0.2) is 0 Å². The van der Waals surface area contributed by atoms with E-state index in [1.54, 1.807) is 11.8 Å². The molecule has 3 rings (SSSR count). The molecule has 0 radical (unpaired) electrons. The van der Waals surface area contributed by atoms with Gasteiger partial charge in [0, 0.05) is 65.0 Å². The zero-order valence-corrected chi connectivity index (χ0v) is 16.2. The van der Waals surface area contributed by atoms with Crippen LogP contribution in [0.5, 0.6) is 0 Å². The van der Waals surface area contributed by atoms with Crippen LogP contribution in [0.15, 0.2) is 30.3 Å². The molecule has 0 bridgehead atoms. The van der Waals surface area contributed by atoms with Gasteiger partial charge < -0.3 is 19.4 Å². The molecule has 2 aliphatic rings. The third-order valence-corrected chi connectivity index (χ3v) is 5.32. The van der Waals surface area contributed by atoms with Crippen LogP contribution in [0.1, 0.15) is 6.92 Å². The van der Waals surface area contributed by atoms with Crippen LogP contribution < -0.4 is 4.90 Å². The van der Waals surface area contributed by atoms with Crippen molar-refractivity contribution in [2.24, 2.45) is 0 Å². The average molecular weight is 374 g/mol. The van der Waals surface area contributed by atoms with Crippen molar-refractivity contribution in [3.63, 3.8) is 0 Å². The number of hydrogen-bond acceptors (Lipinski definition) is 5. The van der Waals surface area contributed by atoms with Gasteiger partial charge in [0.1, 0.15) is 0 Å². The highest BCUT2D eigenvalue weighted by atomic mass is 16.5. The summed E-state index contributed by atoms with van der Waals surface area (Å²) < 4.78 is 5.35. The Hall–Kier alpha value is -2.12. The van der Waals surface area contributed by atoms with E-state index in [1.165, 1.54) is 5.69 Å². The molecule has 148 valence electrons. The van der Waals surface area contributed by atoms with Gasteiger partial charge in [0.05, 0.1) is 19.8 Å². The van der Waals surface area contributed by atoms with E-state index in [0.717, 1.165) is 45.9 Å². The maximum Gasteiger partial charge on any atom is 0.242 e. The third-order valence-electron chi connectivity index (χ3n) is 5.32. The fourth-order valence-electron chi connectivity index (χ4n) is 3.55. The monoisotopic (exact) mass is 374 g/mol. The van der Waals surface area contributed by atoms with Gasteiger partial charge in [-0.05, 0) is 12.1 Å². The molecule has 7 nitrogen and oxygen atoms in total. The predicted octanol–water partition coefficient (Wildman–Crippen LogP) is 0.516. The first-order chi connectivity index (χ1) is 13.1. The van der Waals surface area contributed by atoms with Crippen molar-refractivity contribution in [3.05, 3.63) is 30.3 Å². The molecule has 7 heteroatoms. The third kappa shape index (κ3) is 5.68. The Bertz CT molecular complexity index is 611. The number of rotatable bonds is 6. The van der Waals surface area contributed by atoms with Crippen LogP contribution in [0.4, 0.5) is 5.69 Å². The molecule has 0 unspecified atom stereocenters. The normalized spacial score (nSPS) is 18.4. The van der Waals surface area contributed by atoms with E-state index in [9.17, 15) is 9.59 Å². The summed E-state index contributed by atoms with van der Waals surface area (Å²) in [7, 11) is 0. The van der Waals surface area contributed by atoms with Gasteiger partial charge in [0.15, 0.2) is 0 Å². The van der Waals surface area contributed by atoms with E-state index >= 15 is 0 Å². The predicted molar refractivity (Wildman–Crippen MR) is 105 cm³/mol. The molecule has 27 heavy (non-hydrogen) atoms. The molecule has 2 heterocycles. The molecule has 0 N–H and O–H groups in total. The largest absolute Gasteiger partial charge is 0.379 e. The lowest BCUT2D eigenvalue weighted by molar-refractivity contribution is -0.139. The Morgan fingerprint density at radius 3 is 2.30 bits per heavy atom. The lowest BCUT2D eigenvalue weighted by Crippen LogP contribution is -2.52. The average Bonchev–Trinajstić information content (AvgIpc) is 2.72. The summed E-state index contributed by atoms with van der Waals surface area (Å²) in [6.45, 7) is 9.39.